The molecule has 19 heavy (non-hydrogen) atoms. The van der Waals surface area contributed by atoms with E-state index in [4.69, 9.17) is 0 Å². The van der Waals surface area contributed by atoms with Crippen LogP contribution in [0.4, 0.5) is 13.2 Å². The third-order valence-electron chi connectivity index (χ3n) is 3.06. The number of aliphatic hydroxyl groups is 1. The summed E-state index contributed by atoms with van der Waals surface area (Å²) < 4.78 is 39.4. The molecule has 4 nitrogen and oxygen atoms in total. The van der Waals surface area contributed by atoms with Gasteiger partial charge in [0, 0.05) is 37.7 Å². The Labute approximate surface area is 107 Å². The van der Waals surface area contributed by atoms with E-state index in [1.54, 1.807) is 0 Å². The number of halogens is 3. The van der Waals surface area contributed by atoms with Crippen molar-refractivity contribution in [3.05, 3.63) is 35.1 Å². The molecule has 1 aromatic carbocycles. The maximum Gasteiger partial charge on any atom is 0.257 e. The first-order valence-corrected chi connectivity index (χ1v) is 5.80. The fourth-order valence-electron chi connectivity index (χ4n) is 2.00. The number of benzene rings is 1. The van der Waals surface area contributed by atoms with Gasteiger partial charge in [-0.1, -0.05) is 0 Å². The summed E-state index contributed by atoms with van der Waals surface area (Å²) in [7, 11) is 0. The summed E-state index contributed by atoms with van der Waals surface area (Å²) in [5.41, 5.74) is -0.818. The van der Waals surface area contributed by atoms with Gasteiger partial charge in [0.15, 0.2) is 0 Å². The fraction of sp³-hybridized carbons (Fsp3) is 0.417. The topological polar surface area (TPSA) is 61.4 Å². The lowest BCUT2D eigenvalue weighted by atomic mass is 10.1. The molecule has 0 spiro atoms. The summed E-state index contributed by atoms with van der Waals surface area (Å²) in [5, 5.41) is 14.8. The van der Waals surface area contributed by atoms with E-state index in [1.807, 2.05) is 0 Å². The molecule has 0 saturated carbocycles. The van der Waals surface area contributed by atoms with Gasteiger partial charge < -0.3 is 15.7 Å². The number of β-amino-alcohol motifs (C(OH)–C–C–N with tert-alkyl or cyclic N) is 1. The Kier molecular flexibility index (Phi) is 4.06. The third-order valence-corrected chi connectivity index (χ3v) is 3.06. The number of carbonyl (C=O) groups excluding carboxylic acids is 1. The van der Waals surface area contributed by atoms with Crippen LogP contribution in [0.1, 0.15) is 10.4 Å². The Morgan fingerprint density at radius 1 is 1.32 bits per heavy atom. The second kappa shape index (κ2) is 5.58. The SMILES string of the molecule is O=C(NCC1CNCC1O)c1c(F)cc(F)cc1F. The normalized spacial score (nSPS) is 22.5. The van der Waals surface area contributed by atoms with Crippen LogP contribution < -0.4 is 10.6 Å². The van der Waals surface area contributed by atoms with Gasteiger partial charge in [-0.25, -0.2) is 13.2 Å². The smallest absolute Gasteiger partial charge is 0.257 e. The average molecular weight is 274 g/mol. The molecule has 0 aromatic heterocycles. The minimum Gasteiger partial charge on any atom is -0.391 e. The monoisotopic (exact) mass is 274 g/mol. The van der Waals surface area contributed by atoms with Crippen LogP contribution in [0.3, 0.4) is 0 Å². The zero-order valence-electron chi connectivity index (χ0n) is 9.92. The maximum atomic E-state index is 13.3. The van der Waals surface area contributed by atoms with Gasteiger partial charge in [-0.3, -0.25) is 4.79 Å². The van der Waals surface area contributed by atoms with Gasteiger partial charge >= 0.3 is 0 Å². The van der Waals surface area contributed by atoms with Crippen LogP contribution in [0.5, 0.6) is 0 Å². The van der Waals surface area contributed by atoms with E-state index in [2.05, 4.69) is 10.6 Å². The second-order valence-electron chi connectivity index (χ2n) is 4.44. The third kappa shape index (κ3) is 3.05. The van der Waals surface area contributed by atoms with Crippen LogP contribution in [-0.2, 0) is 0 Å². The molecule has 0 aliphatic carbocycles. The molecule has 0 radical (unpaired) electrons. The van der Waals surface area contributed by atoms with Gasteiger partial charge in [0.25, 0.3) is 5.91 Å². The highest BCUT2D eigenvalue weighted by Gasteiger charge is 2.26. The van der Waals surface area contributed by atoms with Crippen molar-refractivity contribution >= 4 is 5.91 Å². The van der Waals surface area contributed by atoms with Gasteiger partial charge in [-0.05, 0) is 0 Å². The molecule has 7 heteroatoms. The number of amides is 1. The maximum absolute atomic E-state index is 13.3. The van der Waals surface area contributed by atoms with Crippen molar-refractivity contribution in [2.75, 3.05) is 19.6 Å². The molecule has 1 aliphatic heterocycles. The van der Waals surface area contributed by atoms with Crippen molar-refractivity contribution < 1.29 is 23.1 Å². The molecule has 1 aromatic rings. The summed E-state index contributed by atoms with van der Waals surface area (Å²) in [6, 6.07) is 0.897. The summed E-state index contributed by atoms with van der Waals surface area (Å²) in [6.07, 6.45) is -0.608. The van der Waals surface area contributed by atoms with Gasteiger partial charge in [0.2, 0.25) is 0 Å². The minimum absolute atomic E-state index is 0.0866. The van der Waals surface area contributed by atoms with Crippen LogP contribution >= 0.6 is 0 Å². The summed E-state index contributed by atoms with van der Waals surface area (Å²) in [5.74, 6) is -4.76. The Bertz CT molecular complexity index is 473. The zero-order chi connectivity index (χ0) is 14.0. The fourth-order valence-corrected chi connectivity index (χ4v) is 2.00. The Balaban J connectivity index is 2.04. The number of nitrogens with one attached hydrogen (secondary N) is 2. The largest absolute Gasteiger partial charge is 0.391 e. The van der Waals surface area contributed by atoms with E-state index in [0.717, 1.165) is 0 Å². The number of hydrogen-bond acceptors (Lipinski definition) is 3. The van der Waals surface area contributed by atoms with Crippen LogP contribution in [0.2, 0.25) is 0 Å². The molecule has 1 fully saturated rings. The van der Waals surface area contributed by atoms with Crippen LogP contribution in [0.15, 0.2) is 12.1 Å². The lowest BCUT2D eigenvalue weighted by Gasteiger charge is -2.14. The highest BCUT2D eigenvalue weighted by atomic mass is 19.1. The highest BCUT2D eigenvalue weighted by molar-refractivity contribution is 5.94. The Morgan fingerprint density at radius 3 is 2.47 bits per heavy atom. The Morgan fingerprint density at radius 2 is 1.95 bits per heavy atom. The molecular weight excluding hydrogens is 261 g/mol. The molecule has 0 bridgehead atoms. The van der Waals surface area contributed by atoms with Crippen molar-refractivity contribution in [1.82, 2.24) is 10.6 Å². The second-order valence-corrected chi connectivity index (χ2v) is 4.44. The number of rotatable bonds is 3. The van der Waals surface area contributed by atoms with Gasteiger partial charge in [-0.15, -0.1) is 0 Å². The number of aliphatic hydroxyl groups excluding tert-OH is 1. The Hall–Kier alpha value is -1.60. The minimum atomic E-state index is -1.25. The van der Waals surface area contributed by atoms with E-state index >= 15 is 0 Å². The van der Waals surface area contributed by atoms with E-state index in [9.17, 15) is 23.1 Å². The molecule has 1 saturated heterocycles. The van der Waals surface area contributed by atoms with Crippen molar-refractivity contribution in [2.45, 2.75) is 6.10 Å². The number of carbonyl (C=O) groups is 1. The first-order chi connectivity index (χ1) is 8.99. The van der Waals surface area contributed by atoms with Crippen LogP contribution in [0, 0.1) is 23.4 Å². The molecular formula is C12H13F3N2O2. The van der Waals surface area contributed by atoms with E-state index < -0.39 is 35.0 Å². The first-order valence-electron chi connectivity index (χ1n) is 5.80. The molecule has 2 rings (SSSR count). The molecule has 1 heterocycles. The molecule has 1 aliphatic rings. The van der Waals surface area contributed by atoms with Crippen molar-refractivity contribution in [2.24, 2.45) is 5.92 Å². The van der Waals surface area contributed by atoms with Crippen molar-refractivity contribution in [3.8, 4) is 0 Å². The first kappa shape index (κ1) is 13.8. The van der Waals surface area contributed by atoms with Gasteiger partial charge in [0.05, 0.1) is 6.10 Å². The predicted octanol–water partition coefficient (Wildman–Crippen LogP) is 0.414. The summed E-state index contributed by atoms with van der Waals surface area (Å²) in [4.78, 5) is 11.6. The highest BCUT2D eigenvalue weighted by Crippen LogP contribution is 2.15. The molecule has 3 N–H and O–H groups in total. The molecule has 2 atom stereocenters. The van der Waals surface area contributed by atoms with Crippen molar-refractivity contribution in [3.63, 3.8) is 0 Å². The summed E-state index contributed by atoms with van der Waals surface area (Å²) in [6.45, 7) is 1.01. The number of hydrogen-bond donors (Lipinski definition) is 3. The van der Waals surface area contributed by atoms with Crippen molar-refractivity contribution in [1.29, 1.82) is 0 Å². The van der Waals surface area contributed by atoms with Crippen LogP contribution in [0.25, 0.3) is 0 Å². The average Bonchev–Trinajstić information content (AvgIpc) is 2.70. The standard InChI is InChI=1S/C12H13F3N2O2/c13-7-1-8(14)11(9(15)2-7)12(19)17-4-6-3-16-5-10(6)18/h1-2,6,10,16,18H,3-5H2,(H,17,19). The van der Waals surface area contributed by atoms with Gasteiger partial charge in [0.1, 0.15) is 23.0 Å². The van der Waals surface area contributed by atoms with Crippen LogP contribution in [-0.4, -0.2) is 36.8 Å². The van der Waals surface area contributed by atoms with Gasteiger partial charge in [-0.2, -0.15) is 0 Å². The lowest BCUT2D eigenvalue weighted by molar-refractivity contribution is 0.0918. The van der Waals surface area contributed by atoms with E-state index in [-0.39, 0.29) is 12.5 Å². The quantitative estimate of drug-likeness (QED) is 0.748. The predicted molar refractivity (Wildman–Crippen MR) is 61.0 cm³/mol. The molecule has 2 unspecified atom stereocenters. The van der Waals surface area contributed by atoms with E-state index in [1.165, 1.54) is 0 Å². The summed E-state index contributed by atoms with van der Waals surface area (Å²) >= 11 is 0. The lowest BCUT2D eigenvalue weighted by Crippen LogP contribution is -2.35. The molecule has 1 amide bonds. The zero-order valence-corrected chi connectivity index (χ0v) is 9.92. The molecule has 104 valence electrons. The van der Waals surface area contributed by atoms with E-state index in [0.29, 0.717) is 25.2 Å².